The number of hydrogen-bond donors (Lipinski definition) is 1. The van der Waals surface area contributed by atoms with Crippen molar-refractivity contribution in [2.75, 3.05) is 6.54 Å². The van der Waals surface area contributed by atoms with Crippen LogP contribution in [0.1, 0.15) is 48.2 Å². The zero-order valence-electron chi connectivity index (χ0n) is 10.5. The van der Waals surface area contributed by atoms with E-state index in [9.17, 15) is 4.79 Å². The highest BCUT2D eigenvalue weighted by Crippen LogP contribution is 2.37. The van der Waals surface area contributed by atoms with Gasteiger partial charge in [-0.15, -0.1) is 0 Å². The van der Waals surface area contributed by atoms with Gasteiger partial charge in [0.05, 0.1) is 12.8 Å². The highest BCUT2D eigenvalue weighted by molar-refractivity contribution is 5.88. The summed E-state index contributed by atoms with van der Waals surface area (Å²) in [6.07, 6.45) is 8.00. The van der Waals surface area contributed by atoms with E-state index in [0.29, 0.717) is 23.9 Å². The van der Waals surface area contributed by atoms with Gasteiger partial charge in [-0.25, -0.2) is 4.79 Å². The fourth-order valence-electron chi connectivity index (χ4n) is 3.54. The van der Waals surface area contributed by atoms with Crippen molar-refractivity contribution >= 4 is 5.97 Å². The molecule has 1 aromatic heterocycles. The number of rotatable bonds is 3. The summed E-state index contributed by atoms with van der Waals surface area (Å²) in [5.74, 6) is 0.536. The second kappa shape index (κ2) is 4.76. The van der Waals surface area contributed by atoms with Gasteiger partial charge in [-0.3, -0.25) is 4.90 Å². The first-order valence-corrected chi connectivity index (χ1v) is 6.79. The van der Waals surface area contributed by atoms with E-state index in [4.69, 9.17) is 9.52 Å². The van der Waals surface area contributed by atoms with Crippen molar-refractivity contribution in [3.8, 4) is 0 Å². The Kier molecular flexibility index (Phi) is 3.12. The van der Waals surface area contributed by atoms with E-state index >= 15 is 0 Å². The van der Waals surface area contributed by atoms with Crippen molar-refractivity contribution in [2.45, 2.75) is 44.7 Å². The Morgan fingerprint density at radius 3 is 3.06 bits per heavy atom. The molecule has 1 saturated heterocycles. The number of carboxylic acid groups (broad SMARTS) is 1. The Morgan fingerprint density at radius 2 is 2.22 bits per heavy atom. The number of aromatic carboxylic acids is 1. The molecule has 4 heteroatoms. The zero-order chi connectivity index (χ0) is 12.5. The third kappa shape index (κ3) is 2.05. The molecule has 1 saturated carbocycles. The van der Waals surface area contributed by atoms with E-state index in [1.165, 1.54) is 38.4 Å². The normalized spacial score (nSPS) is 28.2. The standard InChI is InChI=1S/C14H19NO3/c16-14(17)11-6-8-18-13(11)9-15-7-5-10-3-1-2-4-12(10)15/h6,8,10,12H,1-5,7,9H2,(H,16,17). The summed E-state index contributed by atoms with van der Waals surface area (Å²) in [4.78, 5) is 13.5. The molecule has 1 N–H and O–H groups in total. The maximum Gasteiger partial charge on any atom is 0.339 e. The summed E-state index contributed by atoms with van der Waals surface area (Å²) >= 11 is 0. The van der Waals surface area contributed by atoms with Crippen LogP contribution in [0, 0.1) is 5.92 Å². The van der Waals surface area contributed by atoms with Crippen LogP contribution in [0.25, 0.3) is 0 Å². The minimum absolute atomic E-state index is 0.314. The highest BCUT2D eigenvalue weighted by Gasteiger charge is 2.36. The van der Waals surface area contributed by atoms with Gasteiger partial charge >= 0.3 is 5.97 Å². The van der Waals surface area contributed by atoms with Crippen molar-refractivity contribution in [2.24, 2.45) is 5.92 Å². The summed E-state index contributed by atoms with van der Waals surface area (Å²) in [5.41, 5.74) is 0.314. The fraction of sp³-hybridized carbons (Fsp3) is 0.643. The Bertz CT molecular complexity index is 440. The molecule has 98 valence electrons. The van der Waals surface area contributed by atoms with E-state index in [1.54, 1.807) is 6.07 Å². The lowest BCUT2D eigenvalue weighted by molar-refractivity contribution is 0.0691. The van der Waals surface area contributed by atoms with Gasteiger partial charge in [0.1, 0.15) is 11.3 Å². The van der Waals surface area contributed by atoms with Gasteiger partial charge in [0.15, 0.2) is 0 Å². The number of furan rings is 1. The largest absolute Gasteiger partial charge is 0.478 e. The second-order valence-corrected chi connectivity index (χ2v) is 5.43. The topological polar surface area (TPSA) is 53.7 Å². The molecule has 1 aliphatic carbocycles. The number of carbonyl (C=O) groups is 1. The minimum atomic E-state index is -0.891. The molecule has 2 heterocycles. The molecule has 2 aliphatic rings. The summed E-state index contributed by atoms with van der Waals surface area (Å²) in [5, 5.41) is 9.08. The molecule has 2 unspecified atom stereocenters. The molecule has 2 fully saturated rings. The van der Waals surface area contributed by atoms with E-state index in [1.807, 2.05) is 0 Å². The van der Waals surface area contributed by atoms with Gasteiger partial charge in [-0.2, -0.15) is 0 Å². The Labute approximate surface area is 107 Å². The summed E-state index contributed by atoms with van der Waals surface area (Å²) in [6, 6.07) is 2.19. The number of nitrogens with zero attached hydrogens (tertiary/aromatic N) is 1. The van der Waals surface area contributed by atoms with Crippen LogP contribution in [-0.2, 0) is 6.54 Å². The molecule has 2 atom stereocenters. The lowest BCUT2D eigenvalue weighted by Gasteiger charge is -2.31. The van der Waals surface area contributed by atoms with Gasteiger partial charge in [0.25, 0.3) is 0 Å². The van der Waals surface area contributed by atoms with Gasteiger partial charge in [0, 0.05) is 6.04 Å². The van der Waals surface area contributed by atoms with Crippen LogP contribution < -0.4 is 0 Å². The fourth-order valence-corrected chi connectivity index (χ4v) is 3.54. The Balaban J connectivity index is 1.72. The van der Waals surface area contributed by atoms with Crippen molar-refractivity contribution in [1.29, 1.82) is 0 Å². The monoisotopic (exact) mass is 249 g/mol. The van der Waals surface area contributed by atoms with Crippen LogP contribution in [0.3, 0.4) is 0 Å². The third-order valence-electron chi connectivity index (χ3n) is 4.45. The van der Waals surface area contributed by atoms with Crippen LogP contribution in [0.2, 0.25) is 0 Å². The number of carboxylic acids is 1. The average Bonchev–Trinajstić information content (AvgIpc) is 2.97. The maximum atomic E-state index is 11.1. The molecular weight excluding hydrogens is 230 g/mol. The smallest absolute Gasteiger partial charge is 0.339 e. The molecule has 0 amide bonds. The van der Waals surface area contributed by atoms with Gasteiger partial charge in [0.2, 0.25) is 0 Å². The van der Waals surface area contributed by atoms with Crippen molar-refractivity contribution < 1.29 is 14.3 Å². The summed E-state index contributed by atoms with van der Waals surface area (Å²) < 4.78 is 5.35. The SMILES string of the molecule is O=C(O)c1ccoc1CN1CCC2CCCCC21. The maximum absolute atomic E-state index is 11.1. The summed E-state index contributed by atoms with van der Waals surface area (Å²) in [6.45, 7) is 1.73. The summed E-state index contributed by atoms with van der Waals surface area (Å²) in [7, 11) is 0. The number of hydrogen-bond acceptors (Lipinski definition) is 3. The molecule has 3 rings (SSSR count). The van der Waals surface area contributed by atoms with E-state index < -0.39 is 5.97 Å². The first-order valence-electron chi connectivity index (χ1n) is 6.79. The highest BCUT2D eigenvalue weighted by atomic mass is 16.4. The van der Waals surface area contributed by atoms with E-state index in [0.717, 1.165) is 12.5 Å². The molecule has 1 aliphatic heterocycles. The predicted molar refractivity (Wildman–Crippen MR) is 66.4 cm³/mol. The quantitative estimate of drug-likeness (QED) is 0.895. The molecular formula is C14H19NO3. The zero-order valence-corrected chi connectivity index (χ0v) is 10.5. The van der Waals surface area contributed by atoms with Crippen LogP contribution in [-0.4, -0.2) is 28.6 Å². The molecule has 4 nitrogen and oxygen atoms in total. The van der Waals surface area contributed by atoms with Crippen LogP contribution >= 0.6 is 0 Å². The van der Waals surface area contributed by atoms with Crippen molar-refractivity contribution in [1.82, 2.24) is 4.90 Å². The minimum Gasteiger partial charge on any atom is -0.478 e. The van der Waals surface area contributed by atoms with Gasteiger partial charge < -0.3 is 9.52 Å². The van der Waals surface area contributed by atoms with E-state index in [2.05, 4.69) is 4.90 Å². The number of likely N-dealkylation sites (tertiary alicyclic amines) is 1. The lowest BCUT2D eigenvalue weighted by Crippen LogP contribution is -2.34. The first kappa shape index (κ1) is 11.8. The molecule has 0 radical (unpaired) electrons. The van der Waals surface area contributed by atoms with Crippen LogP contribution in [0.15, 0.2) is 16.7 Å². The van der Waals surface area contributed by atoms with Crippen molar-refractivity contribution in [3.05, 3.63) is 23.7 Å². The first-order chi connectivity index (χ1) is 8.75. The van der Waals surface area contributed by atoms with Gasteiger partial charge in [-0.05, 0) is 37.8 Å². The molecule has 1 aromatic rings. The average molecular weight is 249 g/mol. The Morgan fingerprint density at radius 1 is 1.39 bits per heavy atom. The molecule has 18 heavy (non-hydrogen) atoms. The number of fused-ring (bicyclic) bond motifs is 1. The lowest BCUT2D eigenvalue weighted by atomic mass is 9.85. The predicted octanol–water partition coefficient (Wildman–Crippen LogP) is 2.74. The molecule has 0 spiro atoms. The Hall–Kier alpha value is -1.29. The van der Waals surface area contributed by atoms with Crippen LogP contribution in [0.5, 0.6) is 0 Å². The molecule has 0 bridgehead atoms. The third-order valence-corrected chi connectivity index (χ3v) is 4.45. The second-order valence-electron chi connectivity index (χ2n) is 5.43. The molecule has 0 aromatic carbocycles. The van der Waals surface area contributed by atoms with E-state index in [-0.39, 0.29) is 0 Å². The van der Waals surface area contributed by atoms with Crippen molar-refractivity contribution in [3.63, 3.8) is 0 Å². The van der Waals surface area contributed by atoms with Gasteiger partial charge in [-0.1, -0.05) is 12.8 Å². The van der Waals surface area contributed by atoms with Crippen LogP contribution in [0.4, 0.5) is 0 Å².